The SMILES string of the molecule is Cc1ccc(CN(C(=O)CN(c2cccc(Cl)c2C)S(=O)(=O)c2ccc(C)cc2)[C@H](Cc2ccccc2)C(=O)NCC(C)C)cc1. The molecule has 0 unspecified atom stereocenters. The zero-order valence-corrected chi connectivity index (χ0v) is 28.6. The normalized spacial score (nSPS) is 12.1. The summed E-state index contributed by atoms with van der Waals surface area (Å²) in [5, 5.41) is 3.39. The van der Waals surface area contributed by atoms with E-state index in [2.05, 4.69) is 5.32 Å². The summed E-state index contributed by atoms with van der Waals surface area (Å²) >= 11 is 6.47. The summed E-state index contributed by atoms with van der Waals surface area (Å²) in [4.78, 5) is 30.1. The second-order valence-corrected chi connectivity index (χ2v) is 14.3. The highest BCUT2D eigenvalue weighted by atomic mass is 35.5. The van der Waals surface area contributed by atoms with Gasteiger partial charge in [0.2, 0.25) is 11.8 Å². The molecule has 46 heavy (non-hydrogen) atoms. The number of hydrogen-bond acceptors (Lipinski definition) is 4. The van der Waals surface area contributed by atoms with Crippen LogP contribution >= 0.6 is 11.6 Å². The van der Waals surface area contributed by atoms with Gasteiger partial charge in [0, 0.05) is 24.5 Å². The molecule has 0 bridgehead atoms. The number of nitrogens with zero attached hydrogens (tertiary/aromatic N) is 2. The molecule has 242 valence electrons. The van der Waals surface area contributed by atoms with Crippen molar-refractivity contribution in [2.45, 2.75) is 58.5 Å². The number of nitrogens with one attached hydrogen (secondary N) is 1. The van der Waals surface area contributed by atoms with Crippen LogP contribution in [-0.2, 0) is 32.6 Å². The highest BCUT2D eigenvalue weighted by Gasteiger charge is 2.35. The van der Waals surface area contributed by atoms with Crippen molar-refractivity contribution in [3.63, 3.8) is 0 Å². The minimum atomic E-state index is -4.22. The number of halogens is 1. The van der Waals surface area contributed by atoms with Crippen LogP contribution in [0.4, 0.5) is 5.69 Å². The summed E-state index contributed by atoms with van der Waals surface area (Å²) in [6.45, 7) is 9.59. The van der Waals surface area contributed by atoms with E-state index in [9.17, 15) is 18.0 Å². The van der Waals surface area contributed by atoms with Crippen LogP contribution < -0.4 is 9.62 Å². The third-order valence-electron chi connectivity index (χ3n) is 7.82. The number of hydrogen-bond donors (Lipinski definition) is 1. The maximum absolute atomic E-state index is 14.6. The van der Waals surface area contributed by atoms with Crippen LogP contribution in [0.3, 0.4) is 0 Å². The topological polar surface area (TPSA) is 86.8 Å². The molecule has 0 saturated carbocycles. The smallest absolute Gasteiger partial charge is 0.264 e. The molecule has 4 aromatic rings. The van der Waals surface area contributed by atoms with Crippen LogP contribution in [0, 0.1) is 26.7 Å². The van der Waals surface area contributed by atoms with E-state index >= 15 is 0 Å². The third-order valence-corrected chi connectivity index (χ3v) is 10.0. The molecule has 0 aliphatic heterocycles. The number of benzene rings is 4. The molecule has 4 aromatic carbocycles. The number of amides is 2. The highest BCUT2D eigenvalue weighted by molar-refractivity contribution is 7.92. The molecule has 0 radical (unpaired) electrons. The van der Waals surface area contributed by atoms with E-state index in [1.165, 1.54) is 17.0 Å². The molecule has 4 rings (SSSR count). The zero-order chi connectivity index (χ0) is 33.4. The fraction of sp³-hybridized carbons (Fsp3) is 0.297. The largest absolute Gasteiger partial charge is 0.354 e. The maximum atomic E-state index is 14.6. The van der Waals surface area contributed by atoms with E-state index < -0.39 is 28.5 Å². The van der Waals surface area contributed by atoms with Gasteiger partial charge in [-0.1, -0.05) is 109 Å². The Kier molecular flexibility index (Phi) is 11.7. The zero-order valence-electron chi connectivity index (χ0n) is 27.0. The first-order valence-corrected chi connectivity index (χ1v) is 17.2. The predicted molar refractivity (Wildman–Crippen MR) is 185 cm³/mol. The summed E-state index contributed by atoms with van der Waals surface area (Å²) < 4.78 is 29.6. The average Bonchev–Trinajstić information content (AvgIpc) is 3.03. The lowest BCUT2D eigenvalue weighted by Gasteiger charge is -2.34. The number of aryl methyl sites for hydroxylation is 2. The quantitative estimate of drug-likeness (QED) is 0.170. The van der Waals surface area contributed by atoms with Gasteiger partial charge in [0.05, 0.1) is 10.6 Å². The van der Waals surface area contributed by atoms with E-state index in [0.717, 1.165) is 26.6 Å². The fourth-order valence-electron chi connectivity index (χ4n) is 5.08. The van der Waals surface area contributed by atoms with Gasteiger partial charge in [0.15, 0.2) is 0 Å². The first kappa shape index (κ1) is 34.7. The van der Waals surface area contributed by atoms with E-state index in [1.54, 1.807) is 37.3 Å². The molecule has 0 spiro atoms. The van der Waals surface area contributed by atoms with Gasteiger partial charge in [-0.3, -0.25) is 13.9 Å². The van der Waals surface area contributed by atoms with Gasteiger partial charge in [0.25, 0.3) is 10.0 Å². The van der Waals surface area contributed by atoms with Gasteiger partial charge in [-0.05, 0) is 67.6 Å². The van der Waals surface area contributed by atoms with Crippen LogP contribution in [0.5, 0.6) is 0 Å². The third kappa shape index (κ3) is 8.77. The van der Waals surface area contributed by atoms with Crippen molar-refractivity contribution in [2.75, 3.05) is 17.4 Å². The fourth-order valence-corrected chi connectivity index (χ4v) is 6.72. The Hall–Kier alpha value is -4.14. The molecular weight excluding hydrogens is 618 g/mol. The standard InChI is InChI=1S/C37H42ClN3O4S/c1-26(2)23-39-37(43)35(22-30-10-7-6-8-11-30)40(24-31-18-14-27(3)15-19-31)36(42)25-41(34-13-9-12-33(38)29(34)5)46(44,45)32-20-16-28(4)17-21-32/h6-21,26,35H,22-25H2,1-5H3,(H,39,43)/t35-/m1/s1. The van der Waals surface area contributed by atoms with Crippen molar-refractivity contribution in [2.24, 2.45) is 5.92 Å². The highest BCUT2D eigenvalue weighted by Crippen LogP contribution is 2.31. The average molecular weight is 660 g/mol. The van der Waals surface area contributed by atoms with Crippen molar-refractivity contribution >= 4 is 39.1 Å². The monoisotopic (exact) mass is 659 g/mol. The van der Waals surface area contributed by atoms with Crippen LogP contribution in [0.25, 0.3) is 0 Å². The molecule has 0 aromatic heterocycles. The van der Waals surface area contributed by atoms with Crippen molar-refractivity contribution in [3.8, 4) is 0 Å². The van der Waals surface area contributed by atoms with Crippen LogP contribution in [0.2, 0.25) is 5.02 Å². The first-order valence-electron chi connectivity index (χ1n) is 15.4. The van der Waals surface area contributed by atoms with Crippen LogP contribution in [0.1, 0.15) is 41.7 Å². The molecule has 0 aliphatic carbocycles. The summed E-state index contributed by atoms with van der Waals surface area (Å²) in [7, 11) is -4.22. The molecule has 1 N–H and O–H groups in total. The minimum absolute atomic E-state index is 0.0471. The van der Waals surface area contributed by atoms with Crippen molar-refractivity contribution in [1.29, 1.82) is 0 Å². The Morgan fingerprint density at radius 1 is 0.783 bits per heavy atom. The van der Waals surface area contributed by atoms with Crippen molar-refractivity contribution < 1.29 is 18.0 Å². The van der Waals surface area contributed by atoms with Gasteiger partial charge < -0.3 is 10.2 Å². The molecule has 1 atom stereocenters. The van der Waals surface area contributed by atoms with Crippen molar-refractivity contribution in [3.05, 3.63) is 130 Å². The van der Waals surface area contributed by atoms with Gasteiger partial charge >= 0.3 is 0 Å². The lowest BCUT2D eigenvalue weighted by Crippen LogP contribution is -2.53. The van der Waals surface area contributed by atoms with Gasteiger partial charge in [-0.25, -0.2) is 8.42 Å². The number of sulfonamides is 1. The number of carbonyl (C=O) groups excluding carboxylic acids is 2. The number of carbonyl (C=O) groups is 2. The second kappa shape index (κ2) is 15.4. The van der Waals surface area contributed by atoms with Gasteiger partial charge in [-0.2, -0.15) is 0 Å². The Balaban J connectivity index is 1.82. The summed E-state index contributed by atoms with van der Waals surface area (Å²) in [6, 6.07) is 27.8. The lowest BCUT2D eigenvalue weighted by atomic mass is 10.0. The molecule has 7 nitrogen and oxygen atoms in total. The molecule has 2 amide bonds. The Bertz CT molecular complexity index is 1740. The Labute approximate surface area is 278 Å². The van der Waals surface area contributed by atoms with Crippen molar-refractivity contribution in [1.82, 2.24) is 10.2 Å². The second-order valence-electron chi connectivity index (χ2n) is 12.1. The predicted octanol–water partition coefficient (Wildman–Crippen LogP) is 6.87. The van der Waals surface area contributed by atoms with Gasteiger partial charge in [-0.15, -0.1) is 0 Å². The van der Waals surface area contributed by atoms with Crippen LogP contribution in [0.15, 0.2) is 102 Å². The molecule has 9 heteroatoms. The molecule has 0 aliphatic rings. The molecule has 0 heterocycles. The number of rotatable bonds is 13. The minimum Gasteiger partial charge on any atom is -0.354 e. The molecule has 0 saturated heterocycles. The van der Waals surface area contributed by atoms with E-state index in [1.807, 2.05) is 82.3 Å². The lowest BCUT2D eigenvalue weighted by molar-refractivity contribution is -0.140. The van der Waals surface area contributed by atoms with Crippen LogP contribution in [-0.4, -0.2) is 44.3 Å². The molecule has 0 fully saturated rings. The number of anilines is 1. The Morgan fingerprint density at radius 2 is 1.39 bits per heavy atom. The first-order chi connectivity index (χ1) is 21.9. The van der Waals surface area contributed by atoms with E-state index in [0.29, 0.717) is 22.8 Å². The van der Waals surface area contributed by atoms with E-state index in [-0.39, 0.29) is 29.7 Å². The van der Waals surface area contributed by atoms with Gasteiger partial charge in [0.1, 0.15) is 12.6 Å². The summed E-state index contributed by atoms with van der Waals surface area (Å²) in [5.74, 6) is -0.621. The molecular formula is C37H42ClN3O4S. The summed E-state index contributed by atoms with van der Waals surface area (Å²) in [6.07, 6.45) is 0.253. The summed E-state index contributed by atoms with van der Waals surface area (Å²) in [5.41, 5.74) is 4.47. The van der Waals surface area contributed by atoms with E-state index in [4.69, 9.17) is 11.6 Å². The maximum Gasteiger partial charge on any atom is 0.264 e. The Morgan fingerprint density at radius 3 is 2.00 bits per heavy atom.